The van der Waals surface area contributed by atoms with Gasteiger partial charge in [0.15, 0.2) is 0 Å². The number of hydrogen-bond donors (Lipinski definition) is 2. The average molecular weight is 213 g/mol. The van der Waals surface area contributed by atoms with Crippen molar-refractivity contribution in [2.75, 3.05) is 6.54 Å². The molecule has 0 radical (unpaired) electrons. The van der Waals surface area contributed by atoms with Crippen LogP contribution in [0.2, 0.25) is 0 Å². The van der Waals surface area contributed by atoms with E-state index in [0.717, 1.165) is 9.75 Å². The maximum atomic E-state index is 11.6. The molecule has 0 bridgehead atoms. The number of nitrogens with one attached hydrogen (secondary N) is 1. The van der Waals surface area contributed by atoms with Crippen molar-refractivity contribution in [3.8, 4) is 0 Å². The van der Waals surface area contributed by atoms with E-state index in [9.17, 15) is 4.79 Å². The topological polar surface area (TPSA) is 49.3 Å². The predicted molar refractivity (Wildman–Crippen MR) is 57.8 cm³/mol. The fraction of sp³-hybridized carbons (Fsp3) is 0.500. The number of carbonyl (C=O) groups is 1. The Morgan fingerprint density at radius 3 is 2.71 bits per heavy atom. The first-order chi connectivity index (χ1) is 6.50. The molecular weight excluding hydrogens is 198 g/mol. The minimum Gasteiger partial charge on any atom is -0.392 e. The normalized spacial score (nSPS) is 12.6. The van der Waals surface area contributed by atoms with Gasteiger partial charge in [0.05, 0.1) is 11.7 Å². The Morgan fingerprint density at radius 2 is 2.29 bits per heavy atom. The Kier molecular flexibility index (Phi) is 3.66. The molecule has 1 atom stereocenters. The van der Waals surface area contributed by atoms with Crippen LogP contribution in [-0.2, 0) is 0 Å². The van der Waals surface area contributed by atoms with Gasteiger partial charge in [-0.15, -0.1) is 11.3 Å². The van der Waals surface area contributed by atoms with Crippen LogP contribution in [0.15, 0.2) is 6.07 Å². The van der Waals surface area contributed by atoms with E-state index in [0.29, 0.717) is 12.1 Å². The molecule has 0 fully saturated rings. The third-order valence-electron chi connectivity index (χ3n) is 1.84. The van der Waals surface area contributed by atoms with E-state index >= 15 is 0 Å². The van der Waals surface area contributed by atoms with Gasteiger partial charge in [-0.3, -0.25) is 4.79 Å². The third kappa shape index (κ3) is 2.82. The zero-order valence-corrected chi connectivity index (χ0v) is 9.44. The summed E-state index contributed by atoms with van der Waals surface area (Å²) < 4.78 is 0. The number of hydrogen-bond acceptors (Lipinski definition) is 3. The second-order valence-corrected chi connectivity index (χ2v) is 4.85. The summed E-state index contributed by atoms with van der Waals surface area (Å²) in [6.07, 6.45) is -0.501. The Morgan fingerprint density at radius 1 is 1.64 bits per heavy atom. The number of aryl methyl sites for hydroxylation is 2. The summed E-state index contributed by atoms with van der Waals surface area (Å²) in [6.45, 7) is 5.84. The first-order valence-corrected chi connectivity index (χ1v) is 5.35. The lowest BCUT2D eigenvalue weighted by molar-refractivity contribution is 0.0924. The molecule has 14 heavy (non-hydrogen) atoms. The van der Waals surface area contributed by atoms with Gasteiger partial charge in [0.25, 0.3) is 5.91 Å². The Labute approximate surface area is 87.8 Å². The molecule has 1 rings (SSSR count). The molecule has 2 N–H and O–H groups in total. The highest BCUT2D eigenvalue weighted by Crippen LogP contribution is 2.20. The molecule has 0 aliphatic heterocycles. The predicted octanol–water partition coefficient (Wildman–Crippen LogP) is 1.48. The van der Waals surface area contributed by atoms with Crippen molar-refractivity contribution in [1.29, 1.82) is 0 Å². The van der Waals surface area contributed by atoms with Crippen molar-refractivity contribution >= 4 is 17.2 Å². The lowest BCUT2D eigenvalue weighted by Crippen LogP contribution is -2.30. The molecule has 4 heteroatoms. The van der Waals surface area contributed by atoms with Crippen molar-refractivity contribution in [3.63, 3.8) is 0 Å². The molecule has 1 unspecified atom stereocenters. The van der Waals surface area contributed by atoms with Gasteiger partial charge in [-0.2, -0.15) is 0 Å². The van der Waals surface area contributed by atoms with Crippen LogP contribution in [0, 0.1) is 13.8 Å². The number of rotatable bonds is 3. The van der Waals surface area contributed by atoms with Crippen LogP contribution in [0.4, 0.5) is 0 Å². The number of amides is 1. The van der Waals surface area contributed by atoms with Gasteiger partial charge in [0.2, 0.25) is 0 Å². The quantitative estimate of drug-likeness (QED) is 0.799. The SMILES string of the molecule is Cc1cc(C(=O)NCC(C)O)c(C)s1. The fourth-order valence-electron chi connectivity index (χ4n) is 1.19. The first kappa shape index (κ1) is 11.2. The zero-order chi connectivity index (χ0) is 10.7. The van der Waals surface area contributed by atoms with Crippen LogP contribution in [0.5, 0.6) is 0 Å². The smallest absolute Gasteiger partial charge is 0.252 e. The molecule has 0 saturated carbocycles. The number of carbonyl (C=O) groups excluding carboxylic acids is 1. The summed E-state index contributed by atoms with van der Waals surface area (Å²) in [6, 6.07) is 1.87. The zero-order valence-electron chi connectivity index (χ0n) is 8.63. The summed E-state index contributed by atoms with van der Waals surface area (Å²) >= 11 is 1.61. The number of aliphatic hydroxyl groups excluding tert-OH is 1. The molecule has 0 aliphatic rings. The maximum Gasteiger partial charge on any atom is 0.252 e. The first-order valence-electron chi connectivity index (χ1n) is 4.54. The Balaban J connectivity index is 2.65. The van der Waals surface area contributed by atoms with E-state index in [2.05, 4.69) is 5.32 Å². The van der Waals surface area contributed by atoms with Crippen LogP contribution < -0.4 is 5.32 Å². The van der Waals surface area contributed by atoms with Crippen molar-refractivity contribution in [2.24, 2.45) is 0 Å². The van der Waals surface area contributed by atoms with Gasteiger partial charge in [-0.25, -0.2) is 0 Å². The second-order valence-electron chi connectivity index (χ2n) is 3.39. The Hall–Kier alpha value is -0.870. The average Bonchev–Trinajstić information content (AvgIpc) is 2.41. The summed E-state index contributed by atoms with van der Waals surface area (Å²) in [5, 5.41) is 11.7. The molecule has 1 amide bonds. The molecule has 78 valence electrons. The van der Waals surface area contributed by atoms with Gasteiger partial charge >= 0.3 is 0 Å². The molecule has 1 aromatic rings. The molecule has 3 nitrogen and oxygen atoms in total. The van der Waals surface area contributed by atoms with E-state index in [1.54, 1.807) is 18.3 Å². The van der Waals surface area contributed by atoms with Crippen molar-refractivity contribution in [1.82, 2.24) is 5.32 Å². The van der Waals surface area contributed by atoms with Crippen LogP contribution in [0.25, 0.3) is 0 Å². The van der Waals surface area contributed by atoms with E-state index < -0.39 is 6.10 Å². The van der Waals surface area contributed by atoms with Crippen LogP contribution in [0.1, 0.15) is 27.0 Å². The summed E-state index contributed by atoms with van der Waals surface area (Å²) in [5.74, 6) is -0.104. The van der Waals surface area contributed by atoms with Gasteiger partial charge in [-0.05, 0) is 26.8 Å². The van der Waals surface area contributed by atoms with Crippen molar-refractivity contribution in [2.45, 2.75) is 26.9 Å². The van der Waals surface area contributed by atoms with Gasteiger partial charge < -0.3 is 10.4 Å². The van der Waals surface area contributed by atoms with E-state index in [-0.39, 0.29) is 5.91 Å². The minimum absolute atomic E-state index is 0.104. The van der Waals surface area contributed by atoms with Crippen LogP contribution >= 0.6 is 11.3 Å². The largest absolute Gasteiger partial charge is 0.392 e. The lowest BCUT2D eigenvalue weighted by atomic mass is 10.2. The molecule has 1 heterocycles. The standard InChI is InChI=1S/C10H15NO2S/c1-6(12)5-11-10(13)9-4-7(2)14-8(9)3/h4,6,12H,5H2,1-3H3,(H,11,13). The molecule has 1 aromatic heterocycles. The number of thiophene rings is 1. The molecule has 0 spiro atoms. The van der Waals surface area contributed by atoms with Crippen LogP contribution in [-0.4, -0.2) is 23.7 Å². The van der Waals surface area contributed by atoms with Gasteiger partial charge in [0.1, 0.15) is 0 Å². The van der Waals surface area contributed by atoms with Gasteiger partial charge in [-0.1, -0.05) is 0 Å². The van der Waals surface area contributed by atoms with E-state index in [4.69, 9.17) is 5.11 Å². The Bertz CT molecular complexity index is 331. The highest BCUT2D eigenvalue weighted by atomic mass is 32.1. The van der Waals surface area contributed by atoms with Crippen molar-refractivity contribution < 1.29 is 9.90 Å². The maximum absolute atomic E-state index is 11.6. The van der Waals surface area contributed by atoms with Crippen LogP contribution in [0.3, 0.4) is 0 Å². The number of aliphatic hydroxyl groups is 1. The molecule has 0 aliphatic carbocycles. The molecule has 0 saturated heterocycles. The second kappa shape index (κ2) is 4.57. The molecule has 0 aromatic carbocycles. The summed E-state index contributed by atoms with van der Waals surface area (Å²) in [7, 11) is 0. The summed E-state index contributed by atoms with van der Waals surface area (Å²) in [5.41, 5.74) is 0.716. The third-order valence-corrected chi connectivity index (χ3v) is 2.81. The van der Waals surface area contributed by atoms with E-state index in [1.165, 1.54) is 0 Å². The van der Waals surface area contributed by atoms with Crippen molar-refractivity contribution in [3.05, 3.63) is 21.4 Å². The highest BCUT2D eigenvalue weighted by molar-refractivity contribution is 7.12. The highest BCUT2D eigenvalue weighted by Gasteiger charge is 2.11. The monoisotopic (exact) mass is 213 g/mol. The fourth-order valence-corrected chi connectivity index (χ4v) is 2.11. The van der Waals surface area contributed by atoms with E-state index in [1.807, 2.05) is 19.9 Å². The summed E-state index contributed by atoms with van der Waals surface area (Å²) in [4.78, 5) is 13.7. The molecular formula is C10H15NO2S. The lowest BCUT2D eigenvalue weighted by Gasteiger charge is -2.06. The van der Waals surface area contributed by atoms with Gasteiger partial charge in [0, 0.05) is 16.3 Å². The minimum atomic E-state index is -0.501.